The summed E-state index contributed by atoms with van der Waals surface area (Å²) in [4.78, 5) is 15.7. The Morgan fingerprint density at radius 2 is 2.47 bits per heavy atom. The predicted octanol–water partition coefficient (Wildman–Crippen LogP) is -0.675. The number of esters is 1. The van der Waals surface area contributed by atoms with E-state index in [1.807, 2.05) is 0 Å². The maximum atomic E-state index is 10.7. The molecule has 6 nitrogen and oxygen atoms in total. The Morgan fingerprint density at radius 1 is 1.67 bits per heavy atom. The van der Waals surface area contributed by atoms with Crippen molar-refractivity contribution in [2.24, 2.45) is 0 Å². The number of hydrogen-bond acceptors (Lipinski definition) is 6. The van der Waals surface area contributed by atoms with Crippen LogP contribution in [-0.4, -0.2) is 38.3 Å². The zero-order valence-corrected chi connectivity index (χ0v) is 8.66. The zero-order valence-electron chi connectivity index (χ0n) is 8.66. The number of rotatable bonds is 4. The van der Waals surface area contributed by atoms with E-state index in [1.54, 1.807) is 0 Å². The number of nitriles is 1. The van der Waals surface area contributed by atoms with E-state index in [-0.39, 0.29) is 18.7 Å². The van der Waals surface area contributed by atoms with Gasteiger partial charge in [-0.2, -0.15) is 10.7 Å². The summed E-state index contributed by atoms with van der Waals surface area (Å²) in [7, 11) is 1.31. The third kappa shape index (κ3) is 4.25. The number of carbonyl (C=O) groups is 1. The van der Waals surface area contributed by atoms with Crippen molar-refractivity contribution in [3.63, 3.8) is 0 Å². The summed E-state index contributed by atoms with van der Waals surface area (Å²) in [5, 5.41) is 11.7. The topological polar surface area (TPSA) is 83.4 Å². The monoisotopic (exact) mass is 213 g/mol. The number of methoxy groups -OCH3 is 1. The van der Waals surface area contributed by atoms with E-state index in [0.717, 1.165) is 12.8 Å². The van der Waals surface area contributed by atoms with Crippen molar-refractivity contribution in [1.82, 2.24) is 10.8 Å². The van der Waals surface area contributed by atoms with Crippen LogP contribution in [0.5, 0.6) is 0 Å². The van der Waals surface area contributed by atoms with E-state index in [2.05, 4.69) is 21.6 Å². The highest BCUT2D eigenvalue weighted by molar-refractivity contribution is 5.70. The Balaban J connectivity index is 2.09. The normalized spacial score (nSPS) is 25.6. The van der Waals surface area contributed by atoms with Gasteiger partial charge in [0.15, 0.2) is 6.61 Å². The lowest BCUT2D eigenvalue weighted by atomic mass is 10.0. The third-order valence-corrected chi connectivity index (χ3v) is 2.24. The lowest BCUT2D eigenvalue weighted by molar-refractivity contribution is -0.149. The molecule has 2 N–H and O–H groups in total. The first kappa shape index (κ1) is 11.9. The maximum absolute atomic E-state index is 10.7. The van der Waals surface area contributed by atoms with E-state index in [4.69, 9.17) is 10.1 Å². The molecule has 0 saturated carbocycles. The molecule has 0 bridgehead atoms. The molecule has 1 aliphatic rings. The van der Waals surface area contributed by atoms with Crippen molar-refractivity contribution < 1.29 is 14.4 Å². The Morgan fingerprint density at radius 3 is 3.00 bits per heavy atom. The molecular weight excluding hydrogens is 198 g/mol. The van der Waals surface area contributed by atoms with Gasteiger partial charge < -0.3 is 10.1 Å². The van der Waals surface area contributed by atoms with Crippen LogP contribution in [0.1, 0.15) is 12.8 Å². The van der Waals surface area contributed by atoms with E-state index >= 15 is 0 Å². The van der Waals surface area contributed by atoms with Crippen LogP contribution in [0.2, 0.25) is 0 Å². The highest BCUT2D eigenvalue weighted by atomic mass is 16.7. The molecule has 0 amide bonds. The number of piperidine rings is 1. The van der Waals surface area contributed by atoms with Gasteiger partial charge in [-0.25, -0.2) is 4.79 Å². The van der Waals surface area contributed by atoms with E-state index < -0.39 is 5.97 Å². The summed E-state index contributed by atoms with van der Waals surface area (Å²) >= 11 is 0. The van der Waals surface area contributed by atoms with Crippen molar-refractivity contribution >= 4 is 5.97 Å². The van der Waals surface area contributed by atoms with Gasteiger partial charge in [0.1, 0.15) is 0 Å². The molecule has 1 fully saturated rings. The Hall–Kier alpha value is -1.16. The van der Waals surface area contributed by atoms with E-state index in [1.165, 1.54) is 7.11 Å². The van der Waals surface area contributed by atoms with Gasteiger partial charge in [0, 0.05) is 12.6 Å². The van der Waals surface area contributed by atoms with Crippen LogP contribution < -0.4 is 10.8 Å². The number of nitrogens with one attached hydrogen (secondary N) is 2. The SMILES string of the molecule is COC(=O)CON[C@@H]1CC[C@@H](C#N)NC1. The van der Waals surface area contributed by atoms with E-state index in [0.29, 0.717) is 6.54 Å². The minimum absolute atomic E-state index is 0.0661. The Kier molecular flexibility index (Phi) is 5.04. The Labute approximate surface area is 88.5 Å². The molecular formula is C9H15N3O3. The van der Waals surface area contributed by atoms with Crippen molar-refractivity contribution in [2.75, 3.05) is 20.3 Å². The number of ether oxygens (including phenoxy) is 1. The van der Waals surface area contributed by atoms with Crippen LogP contribution in [-0.2, 0) is 14.4 Å². The highest BCUT2D eigenvalue weighted by Crippen LogP contribution is 2.06. The molecule has 84 valence electrons. The summed E-state index contributed by atoms with van der Waals surface area (Å²) in [6, 6.07) is 2.23. The van der Waals surface area contributed by atoms with Crippen LogP contribution in [0.15, 0.2) is 0 Å². The molecule has 0 aromatic carbocycles. The minimum atomic E-state index is -0.416. The molecule has 1 aliphatic heterocycles. The molecule has 0 aliphatic carbocycles. The van der Waals surface area contributed by atoms with Crippen molar-refractivity contribution in [1.29, 1.82) is 5.26 Å². The smallest absolute Gasteiger partial charge is 0.333 e. The van der Waals surface area contributed by atoms with E-state index in [9.17, 15) is 4.79 Å². The van der Waals surface area contributed by atoms with Gasteiger partial charge in [0.2, 0.25) is 0 Å². The maximum Gasteiger partial charge on any atom is 0.333 e. The molecule has 0 aromatic rings. The summed E-state index contributed by atoms with van der Waals surface area (Å²) in [6.07, 6.45) is 1.64. The molecule has 15 heavy (non-hydrogen) atoms. The molecule has 0 spiro atoms. The number of hydroxylamine groups is 1. The van der Waals surface area contributed by atoms with Gasteiger partial charge in [-0.05, 0) is 12.8 Å². The third-order valence-electron chi connectivity index (χ3n) is 2.24. The first-order chi connectivity index (χ1) is 7.26. The van der Waals surface area contributed by atoms with Crippen LogP contribution in [0, 0.1) is 11.3 Å². The standard InChI is InChI=1S/C9H15N3O3/c1-14-9(13)6-15-12-8-3-2-7(4-10)11-5-8/h7-8,11-12H,2-3,5-6H2,1H3/t7-,8+/m0/s1. The summed E-state index contributed by atoms with van der Waals surface area (Å²) < 4.78 is 4.41. The lowest BCUT2D eigenvalue weighted by Crippen LogP contribution is -2.47. The highest BCUT2D eigenvalue weighted by Gasteiger charge is 2.19. The molecule has 0 aromatic heterocycles. The molecule has 0 radical (unpaired) electrons. The van der Waals surface area contributed by atoms with Crippen LogP contribution in [0.3, 0.4) is 0 Å². The fourth-order valence-corrected chi connectivity index (χ4v) is 1.34. The van der Waals surface area contributed by atoms with Gasteiger partial charge in [0.25, 0.3) is 0 Å². The molecule has 1 saturated heterocycles. The Bertz CT molecular complexity index is 243. The molecule has 2 atom stereocenters. The van der Waals surface area contributed by atoms with Crippen molar-refractivity contribution in [3.8, 4) is 6.07 Å². The average Bonchev–Trinajstić information content (AvgIpc) is 2.29. The molecule has 6 heteroatoms. The summed E-state index contributed by atoms with van der Waals surface area (Å²) in [6.45, 7) is 0.564. The summed E-state index contributed by atoms with van der Waals surface area (Å²) in [5.74, 6) is -0.416. The fraction of sp³-hybridized carbons (Fsp3) is 0.778. The molecule has 1 heterocycles. The van der Waals surface area contributed by atoms with Crippen LogP contribution in [0.4, 0.5) is 0 Å². The average molecular weight is 213 g/mol. The summed E-state index contributed by atoms with van der Waals surface area (Å²) in [5.41, 5.74) is 2.76. The predicted molar refractivity (Wildman–Crippen MR) is 51.5 cm³/mol. The van der Waals surface area contributed by atoms with Crippen LogP contribution >= 0.6 is 0 Å². The van der Waals surface area contributed by atoms with Gasteiger partial charge in [-0.1, -0.05) is 0 Å². The van der Waals surface area contributed by atoms with Gasteiger partial charge in [-0.3, -0.25) is 4.84 Å². The van der Waals surface area contributed by atoms with Crippen molar-refractivity contribution in [2.45, 2.75) is 24.9 Å². The lowest BCUT2D eigenvalue weighted by Gasteiger charge is -2.26. The number of nitrogens with zero attached hydrogens (tertiary/aromatic N) is 1. The number of hydrogen-bond donors (Lipinski definition) is 2. The van der Waals surface area contributed by atoms with Gasteiger partial charge in [-0.15, -0.1) is 0 Å². The minimum Gasteiger partial charge on any atom is -0.467 e. The number of carbonyl (C=O) groups excluding carboxylic acids is 1. The zero-order chi connectivity index (χ0) is 11.1. The first-order valence-electron chi connectivity index (χ1n) is 4.83. The second-order valence-corrected chi connectivity index (χ2v) is 3.35. The fourth-order valence-electron chi connectivity index (χ4n) is 1.34. The quantitative estimate of drug-likeness (QED) is 0.476. The second-order valence-electron chi connectivity index (χ2n) is 3.35. The first-order valence-corrected chi connectivity index (χ1v) is 4.83. The molecule has 0 unspecified atom stereocenters. The van der Waals surface area contributed by atoms with Gasteiger partial charge in [0.05, 0.1) is 19.2 Å². The van der Waals surface area contributed by atoms with Gasteiger partial charge >= 0.3 is 5.97 Å². The largest absolute Gasteiger partial charge is 0.467 e. The second kappa shape index (κ2) is 6.35. The molecule has 1 rings (SSSR count). The van der Waals surface area contributed by atoms with Crippen molar-refractivity contribution in [3.05, 3.63) is 0 Å². The van der Waals surface area contributed by atoms with Crippen LogP contribution in [0.25, 0.3) is 0 Å².